The number of carbonyl (C=O) groups excluding carboxylic acids is 1. The van der Waals surface area contributed by atoms with E-state index in [0.29, 0.717) is 0 Å². The standard InChI is InChI=1S/C23H38N6O3.HI/c1-26(2)22(30)19-25-23(24-9-4-10-27-15-17-32-18-16-27)29-13-11-28(12-14-29)20-5-7-21(31-3)8-6-20;/h5-8H,4,9-19H2,1-3H3,(H,24,25);1H. The largest absolute Gasteiger partial charge is 0.497 e. The molecule has 2 aliphatic rings. The molecule has 0 atom stereocenters. The molecule has 0 aliphatic carbocycles. The van der Waals surface area contributed by atoms with Crippen LogP contribution < -0.4 is 15.0 Å². The lowest BCUT2D eigenvalue weighted by Gasteiger charge is -2.38. The minimum absolute atomic E-state index is 0. The number of aliphatic imine (C=N–C) groups is 1. The summed E-state index contributed by atoms with van der Waals surface area (Å²) in [5, 5.41) is 3.51. The van der Waals surface area contributed by atoms with Gasteiger partial charge in [0, 0.05) is 65.6 Å². The first-order valence-corrected chi connectivity index (χ1v) is 11.5. The second-order valence-corrected chi connectivity index (χ2v) is 8.33. The number of nitrogens with zero attached hydrogens (tertiary/aromatic N) is 5. The Morgan fingerprint density at radius 3 is 2.36 bits per heavy atom. The Labute approximate surface area is 215 Å². The highest BCUT2D eigenvalue weighted by molar-refractivity contribution is 14.0. The molecule has 0 bridgehead atoms. The van der Waals surface area contributed by atoms with Gasteiger partial charge in [-0.15, -0.1) is 24.0 Å². The first-order valence-electron chi connectivity index (χ1n) is 11.5. The molecule has 0 aromatic heterocycles. The molecule has 2 fully saturated rings. The smallest absolute Gasteiger partial charge is 0.243 e. The van der Waals surface area contributed by atoms with Crippen molar-refractivity contribution in [3.05, 3.63) is 24.3 Å². The van der Waals surface area contributed by atoms with E-state index in [9.17, 15) is 4.79 Å². The summed E-state index contributed by atoms with van der Waals surface area (Å²) >= 11 is 0. The summed E-state index contributed by atoms with van der Waals surface area (Å²) in [4.78, 5) is 25.4. The van der Waals surface area contributed by atoms with E-state index in [1.165, 1.54) is 5.69 Å². The summed E-state index contributed by atoms with van der Waals surface area (Å²) in [5.41, 5.74) is 1.20. The second-order valence-electron chi connectivity index (χ2n) is 8.33. The van der Waals surface area contributed by atoms with Crippen molar-refractivity contribution in [2.75, 3.05) is 98.2 Å². The van der Waals surface area contributed by atoms with Gasteiger partial charge in [0.2, 0.25) is 5.91 Å². The maximum Gasteiger partial charge on any atom is 0.243 e. The van der Waals surface area contributed by atoms with Crippen LogP contribution in [0.2, 0.25) is 0 Å². The Hall–Kier alpha value is -1.79. The fraction of sp³-hybridized carbons (Fsp3) is 0.652. The number of guanidine groups is 1. The van der Waals surface area contributed by atoms with Crippen molar-refractivity contribution in [3.8, 4) is 5.75 Å². The number of benzene rings is 1. The van der Waals surface area contributed by atoms with Gasteiger partial charge in [-0.2, -0.15) is 0 Å². The molecule has 33 heavy (non-hydrogen) atoms. The van der Waals surface area contributed by atoms with Crippen molar-refractivity contribution in [2.24, 2.45) is 4.99 Å². The summed E-state index contributed by atoms with van der Waals surface area (Å²) in [6, 6.07) is 8.20. The third-order valence-electron chi connectivity index (χ3n) is 5.92. The van der Waals surface area contributed by atoms with Crippen LogP contribution >= 0.6 is 24.0 Å². The van der Waals surface area contributed by atoms with E-state index in [1.807, 2.05) is 12.1 Å². The molecule has 186 valence electrons. The number of rotatable bonds is 8. The number of methoxy groups -OCH3 is 1. The van der Waals surface area contributed by atoms with Crippen molar-refractivity contribution in [2.45, 2.75) is 6.42 Å². The molecule has 2 heterocycles. The SMILES string of the molecule is COc1ccc(N2CCN(C(=NCC(=O)N(C)C)NCCCN3CCOCC3)CC2)cc1.I. The van der Waals surface area contributed by atoms with Crippen LogP contribution in [0.3, 0.4) is 0 Å². The Kier molecular flexibility index (Phi) is 12.0. The molecule has 10 heteroatoms. The molecular formula is C23H39IN6O3. The lowest BCUT2D eigenvalue weighted by Crippen LogP contribution is -2.53. The summed E-state index contributed by atoms with van der Waals surface area (Å²) in [7, 11) is 5.21. The molecule has 9 nitrogen and oxygen atoms in total. The fourth-order valence-corrected chi connectivity index (χ4v) is 3.85. The third-order valence-corrected chi connectivity index (χ3v) is 5.92. The number of carbonyl (C=O) groups is 1. The zero-order valence-corrected chi connectivity index (χ0v) is 22.5. The van der Waals surface area contributed by atoms with E-state index in [4.69, 9.17) is 9.47 Å². The molecule has 0 saturated carbocycles. The molecule has 1 aromatic rings. The van der Waals surface area contributed by atoms with Gasteiger partial charge in [-0.05, 0) is 37.2 Å². The van der Waals surface area contributed by atoms with Gasteiger partial charge in [0.15, 0.2) is 5.96 Å². The average molecular weight is 575 g/mol. The van der Waals surface area contributed by atoms with Gasteiger partial charge in [-0.25, -0.2) is 4.99 Å². The molecule has 3 rings (SSSR count). The Morgan fingerprint density at radius 2 is 1.76 bits per heavy atom. The number of likely N-dealkylation sites (N-methyl/N-ethyl adjacent to an activating group) is 1. The van der Waals surface area contributed by atoms with Crippen LogP contribution in [0, 0.1) is 0 Å². The van der Waals surface area contributed by atoms with E-state index >= 15 is 0 Å². The molecule has 0 unspecified atom stereocenters. The highest BCUT2D eigenvalue weighted by Crippen LogP contribution is 2.20. The second kappa shape index (κ2) is 14.5. The monoisotopic (exact) mass is 574 g/mol. The molecule has 0 radical (unpaired) electrons. The normalized spacial score (nSPS) is 17.4. The van der Waals surface area contributed by atoms with Crippen LogP contribution in [-0.2, 0) is 9.53 Å². The first-order chi connectivity index (χ1) is 15.6. The van der Waals surface area contributed by atoms with Gasteiger partial charge < -0.3 is 29.5 Å². The number of amides is 1. The predicted octanol–water partition coefficient (Wildman–Crippen LogP) is 1.19. The molecule has 2 aliphatic heterocycles. The lowest BCUT2D eigenvalue weighted by molar-refractivity contribution is -0.127. The zero-order valence-electron chi connectivity index (χ0n) is 20.2. The lowest BCUT2D eigenvalue weighted by atomic mass is 10.2. The van der Waals surface area contributed by atoms with E-state index < -0.39 is 0 Å². The van der Waals surface area contributed by atoms with E-state index in [-0.39, 0.29) is 36.4 Å². The summed E-state index contributed by atoms with van der Waals surface area (Å²) in [5.74, 6) is 1.71. The zero-order chi connectivity index (χ0) is 22.8. The molecule has 1 N–H and O–H groups in total. The van der Waals surface area contributed by atoms with E-state index in [2.05, 4.69) is 37.1 Å². The van der Waals surface area contributed by atoms with Crippen molar-refractivity contribution in [3.63, 3.8) is 0 Å². The Morgan fingerprint density at radius 1 is 1.09 bits per heavy atom. The minimum Gasteiger partial charge on any atom is -0.497 e. The number of hydrogen-bond donors (Lipinski definition) is 1. The Bertz CT molecular complexity index is 732. The molecule has 0 spiro atoms. The van der Waals surface area contributed by atoms with Crippen LogP contribution in [0.15, 0.2) is 29.3 Å². The maximum absolute atomic E-state index is 12.1. The summed E-state index contributed by atoms with van der Waals surface area (Å²) < 4.78 is 10.7. The van der Waals surface area contributed by atoms with Gasteiger partial charge >= 0.3 is 0 Å². The van der Waals surface area contributed by atoms with Crippen molar-refractivity contribution in [1.82, 2.24) is 20.0 Å². The number of anilines is 1. The quantitative estimate of drug-likeness (QED) is 0.217. The summed E-state index contributed by atoms with van der Waals surface area (Å²) in [6.45, 7) is 9.24. The van der Waals surface area contributed by atoms with Gasteiger partial charge in [-0.3, -0.25) is 9.69 Å². The van der Waals surface area contributed by atoms with E-state index in [0.717, 1.165) is 83.7 Å². The number of halogens is 1. The van der Waals surface area contributed by atoms with Crippen LogP contribution in [0.4, 0.5) is 5.69 Å². The highest BCUT2D eigenvalue weighted by Gasteiger charge is 2.20. The van der Waals surface area contributed by atoms with Crippen molar-refractivity contribution in [1.29, 1.82) is 0 Å². The summed E-state index contributed by atoms with van der Waals surface area (Å²) in [6.07, 6.45) is 1.03. The maximum atomic E-state index is 12.1. The van der Waals surface area contributed by atoms with Crippen LogP contribution in [0.1, 0.15) is 6.42 Å². The minimum atomic E-state index is 0. The molecular weight excluding hydrogens is 535 g/mol. The number of ether oxygens (including phenoxy) is 2. The van der Waals surface area contributed by atoms with Gasteiger partial charge in [-0.1, -0.05) is 0 Å². The van der Waals surface area contributed by atoms with Gasteiger partial charge in [0.25, 0.3) is 0 Å². The fourth-order valence-electron chi connectivity index (χ4n) is 3.85. The number of morpholine rings is 1. The number of piperazine rings is 1. The van der Waals surface area contributed by atoms with Crippen molar-refractivity contribution >= 4 is 41.5 Å². The topological polar surface area (TPSA) is 72.9 Å². The third kappa shape index (κ3) is 8.82. The van der Waals surface area contributed by atoms with Gasteiger partial charge in [0.1, 0.15) is 12.3 Å². The van der Waals surface area contributed by atoms with Gasteiger partial charge in [0.05, 0.1) is 20.3 Å². The molecule has 2 saturated heterocycles. The molecule has 1 amide bonds. The van der Waals surface area contributed by atoms with Crippen molar-refractivity contribution < 1.29 is 14.3 Å². The van der Waals surface area contributed by atoms with E-state index in [1.54, 1.807) is 26.1 Å². The Balaban J connectivity index is 0.00000385. The predicted molar refractivity (Wildman–Crippen MR) is 143 cm³/mol. The van der Waals surface area contributed by atoms with Crippen LogP contribution in [0.25, 0.3) is 0 Å². The van der Waals surface area contributed by atoms with Crippen LogP contribution in [-0.4, -0.2) is 120 Å². The first kappa shape index (κ1) is 27.5. The number of hydrogen-bond acceptors (Lipinski definition) is 6. The highest BCUT2D eigenvalue weighted by atomic mass is 127. The average Bonchev–Trinajstić information content (AvgIpc) is 2.84. The number of nitrogens with one attached hydrogen (secondary N) is 1. The molecule has 1 aromatic carbocycles. The van der Waals surface area contributed by atoms with Crippen LogP contribution in [0.5, 0.6) is 5.75 Å².